The van der Waals surface area contributed by atoms with Crippen LogP contribution in [0, 0.1) is 5.92 Å². The molecule has 0 saturated carbocycles. The molecule has 0 aliphatic carbocycles. The lowest BCUT2D eigenvalue weighted by Gasteiger charge is -2.36. The largest absolute Gasteiger partial charge is 0.384 e. The van der Waals surface area contributed by atoms with E-state index in [2.05, 4.69) is 20.2 Å². The minimum atomic E-state index is 0.0972. The first-order chi connectivity index (χ1) is 8.25. The second-order valence-electron chi connectivity index (χ2n) is 4.56. The van der Waals surface area contributed by atoms with Crippen molar-refractivity contribution in [3.63, 3.8) is 0 Å². The molecule has 2 atom stereocenters. The number of rotatable bonds is 1. The molecule has 2 aliphatic heterocycles. The molecule has 3 heterocycles. The summed E-state index contributed by atoms with van der Waals surface area (Å²) < 4.78 is 0. The van der Waals surface area contributed by atoms with Gasteiger partial charge < -0.3 is 16.0 Å². The summed E-state index contributed by atoms with van der Waals surface area (Å²) in [5.41, 5.74) is 5.67. The van der Waals surface area contributed by atoms with Gasteiger partial charge in [-0.05, 0) is 12.8 Å². The van der Waals surface area contributed by atoms with Crippen molar-refractivity contribution in [3.05, 3.63) is 12.4 Å². The fourth-order valence-corrected chi connectivity index (χ4v) is 2.75. The van der Waals surface area contributed by atoms with E-state index in [1.165, 1.54) is 6.33 Å². The third-order valence-electron chi connectivity index (χ3n) is 3.57. The molecule has 6 nitrogen and oxygen atoms in total. The SMILES string of the molecule is Nc1cc(N2CCCC3C(=O)NCC32)ncn1. The van der Waals surface area contributed by atoms with Crippen molar-refractivity contribution in [2.75, 3.05) is 23.7 Å². The van der Waals surface area contributed by atoms with Crippen LogP contribution in [0.1, 0.15) is 12.8 Å². The van der Waals surface area contributed by atoms with Crippen molar-refractivity contribution < 1.29 is 4.79 Å². The fraction of sp³-hybridized carbons (Fsp3) is 0.545. The molecular formula is C11H15N5O. The number of nitrogens with one attached hydrogen (secondary N) is 1. The van der Waals surface area contributed by atoms with Gasteiger partial charge in [-0.15, -0.1) is 0 Å². The van der Waals surface area contributed by atoms with Gasteiger partial charge in [-0.2, -0.15) is 0 Å². The van der Waals surface area contributed by atoms with E-state index in [1.807, 2.05) is 0 Å². The standard InChI is InChI=1S/C11H15N5O/c12-9-4-10(15-6-14-9)16-3-1-2-7-8(16)5-13-11(7)17/h4,6-8H,1-3,5H2,(H,13,17)(H2,12,14,15). The van der Waals surface area contributed by atoms with Gasteiger partial charge in [0.25, 0.3) is 0 Å². The number of hydrogen-bond donors (Lipinski definition) is 2. The van der Waals surface area contributed by atoms with E-state index in [4.69, 9.17) is 5.73 Å². The number of hydrogen-bond acceptors (Lipinski definition) is 5. The lowest BCUT2D eigenvalue weighted by molar-refractivity contribution is -0.122. The Morgan fingerprint density at radius 1 is 1.47 bits per heavy atom. The molecule has 0 radical (unpaired) electrons. The van der Waals surface area contributed by atoms with Crippen LogP contribution in [-0.4, -0.2) is 35.0 Å². The van der Waals surface area contributed by atoms with E-state index < -0.39 is 0 Å². The molecule has 17 heavy (non-hydrogen) atoms. The van der Waals surface area contributed by atoms with Crippen LogP contribution in [0.25, 0.3) is 0 Å². The third kappa shape index (κ3) is 1.69. The Bertz CT molecular complexity index is 449. The number of fused-ring (bicyclic) bond motifs is 1. The lowest BCUT2D eigenvalue weighted by Crippen LogP contribution is -2.46. The normalized spacial score (nSPS) is 27.8. The highest BCUT2D eigenvalue weighted by molar-refractivity contribution is 5.83. The molecule has 0 aromatic carbocycles. The van der Waals surface area contributed by atoms with Crippen LogP contribution in [0.5, 0.6) is 0 Å². The Labute approximate surface area is 99.2 Å². The number of nitrogen functional groups attached to an aromatic ring is 1. The molecule has 90 valence electrons. The maximum absolute atomic E-state index is 11.7. The Kier molecular flexibility index (Phi) is 2.35. The van der Waals surface area contributed by atoms with Crippen LogP contribution in [0.2, 0.25) is 0 Å². The van der Waals surface area contributed by atoms with Gasteiger partial charge in [-0.25, -0.2) is 9.97 Å². The minimum Gasteiger partial charge on any atom is -0.384 e. The Hall–Kier alpha value is -1.85. The predicted molar refractivity (Wildman–Crippen MR) is 63.3 cm³/mol. The van der Waals surface area contributed by atoms with Crippen LogP contribution in [0.15, 0.2) is 12.4 Å². The van der Waals surface area contributed by atoms with Crippen LogP contribution in [-0.2, 0) is 4.79 Å². The third-order valence-corrected chi connectivity index (χ3v) is 3.57. The van der Waals surface area contributed by atoms with Crippen molar-refractivity contribution in [1.29, 1.82) is 0 Å². The molecular weight excluding hydrogens is 218 g/mol. The van der Waals surface area contributed by atoms with Gasteiger partial charge in [-0.3, -0.25) is 4.79 Å². The van der Waals surface area contributed by atoms with Crippen LogP contribution < -0.4 is 16.0 Å². The molecule has 2 unspecified atom stereocenters. The molecule has 1 aromatic rings. The molecule has 2 saturated heterocycles. The zero-order valence-corrected chi connectivity index (χ0v) is 9.47. The summed E-state index contributed by atoms with van der Waals surface area (Å²) in [7, 11) is 0. The minimum absolute atomic E-state index is 0.0972. The van der Waals surface area contributed by atoms with Crippen molar-refractivity contribution in [2.45, 2.75) is 18.9 Å². The summed E-state index contributed by atoms with van der Waals surface area (Å²) in [5, 5.41) is 2.92. The van der Waals surface area contributed by atoms with Gasteiger partial charge in [0.15, 0.2) is 0 Å². The number of carbonyl (C=O) groups excluding carboxylic acids is 1. The molecule has 3 N–H and O–H groups in total. The van der Waals surface area contributed by atoms with Gasteiger partial charge in [0.05, 0.1) is 12.0 Å². The summed E-state index contributed by atoms with van der Waals surface area (Å²) in [6, 6.07) is 1.98. The van der Waals surface area contributed by atoms with Crippen molar-refractivity contribution in [3.8, 4) is 0 Å². The molecule has 3 rings (SSSR count). The average Bonchev–Trinajstić information content (AvgIpc) is 2.71. The van der Waals surface area contributed by atoms with Gasteiger partial charge in [0.1, 0.15) is 18.0 Å². The average molecular weight is 233 g/mol. The molecule has 0 spiro atoms. The number of amides is 1. The summed E-state index contributed by atoms with van der Waals surface area (Å²) in [6.07, 6.45) is 3.45. The highest BCUT2D eigenvalue weighted by atomic mass is 16.2. The van der Waals surface area contributed by atoms with E-state index in [9.17, 15) is 4.79 Å². The highest BCUT2D eigenvalue weighted by Gasteiger charge is 2.41. The second kappa shape index (κ2) is 3.87. The zero-order chi connectivity index (χ0) is 11.8. The van der Waals surface area contributed by atoms with Gasteiger partial charge >= 0.3 is 0 Å². The van der Waals surface area contributed by atoms with E-state index in [1.54, 1.807) is 6.07 Å². The van der Waals surface area contributed by atoms with Crippen LogP contribution in [0.3, 0.4) is 0 Å². The molecule has 2 aliphatic rings. The van der Waals surface area contributed by atoms with Crippen LogP contribution >= 0.6 is 0 Å². The Morgan fingerprint density at radius 3 is 3.18 bits per heavy atom. The number of aromatic nitrogens is 2. The monoisotopic (exact) mass is 233 g/mol. The molecule has 0 bridgehead atoms. The van der Waals surface area contributed by atoms with Crippen molar-refractivity contribution >= 4 is 17.5 Å². The maximum Gasteiger partial charge on any atom is 0.225 e. The van der Waals surface area contributed by atoms with Crippen LogP contribution in [0.4, 0.5) is 11.6 Å². The maximum atomic E-state index is 11.7. The predicted octanol–water partition coefficient (Wildman–Crippen LogP) is -0.226. The first-order valence-corrected chi connectivity index (χ1v) is 5.87. The smallest absolute Gasteiger partial charge is 0.225 e. The van der Waals surface area contributed by atoms with Crippen molar-refractivity contribution in [1.82, 2.24) is 15.3 Å². The van der Waals surface area contributed by atoms with Gasteiger partial charge in [-0.1, -0.05) is 0 Å². The van der Waals surface area contributed by atoms with Gasteiger partial charge in [0, 0.05) is 19.2 Å². The summed E-state index contributed by atoms with van der Waals surface area (Å²) in [5.74, 6) is 1.56. The van der Waals surface area contributed by atoms with E-state index >= 15 is 0 Å². The number of piperidine rings is 1. The number of nitrogens with two attached hydrogens (primary N) is 1. The molecule has 2 fully saturated rings. The first-order valence-electron chi connectivity index (χ1n) is 5.87. The number of anilines is 2. The summed E-state index contributed by atoms with van der Waals surface area (Å²) in [6.45, 7) is 1.62. The van der Waals surface area contributed by atoms with Gasteiger partial charge in [0.2, 0.25) is 5.91 Å². The van der Waals surface area contributed by atoms with E-state index in [-0.39, 0.29) is 17.9 Å². The number of carbonyl (C=O) groups is 1. The lowest BCUT2D eigenvalue weighted by atomic mass is 9.91. The highest BCUT2D eigenvalue weighted by Crippen LogP contribution is 2.30. The number of nitrogens with zero attached hydrogens (tertiary/aromatic N) is 3. The summed E-state index contributed by atoms with van der Waals surface area (Å²) >= 11 is 0. The first kappa shape index (κ1) is 10.3. The second-order valence-corrected chi connectivity index (χ2v) is 4.56. The molecule has 1 amide bonds. The molecule has 1 aromatic heterocycles. The molecule has 6 heteroatoms. The summed E-state index contributed by atoms with van der Waals surface area (Å²) in [4.78, 5) is 22.0. The quantitative estimate of drug-likeness (QED) is 0.700. The Balaban J connectivity index is 1.90. The van der Waals surface area contributed by atoms with E-state index in [0.717, 1.165) is 25.2 Å². The van der Waals surface area contributed by atoms with Crippen molar-refractivity contribution in [2.24, 2.45) is 5.92 Å². The van der Waals surface area contributed by atoms with E-state index in [0.29, 0.717) is 12.4 Å². The zero-order valence-electron chi connectivity index (χ0n) is 9.47. The Morgan fingerprint density at radius 2 is 2.35 bits per heavy atom. The topological polar surface area (TPSA) is 84.1 Å². The fourth-order valence-electron chi connectivity index (χ4n) is 2.75.